The van der Waals surface area contributed by atoms with E-state index in [1.807, 2.05) is 60.1 Å². The van der Waals surface area contributed by atoms with Crippen molar-refractivity contribution in [1.82, 2.24) is 9.55 Å². The predicted molar refractivity (Wildman–Crippen MR) is 97.8 cm³/mol. The molecule has 0 saturated heterocycles. The highest BCUT2D eigenvalue weighted by molar-refractivity contribution is 5.65. The van der Waals surface area contributed by atoms with Crippen LogP contribution in [0.3, 0.4) is 0 Å². The van der Waals surface area contributed by atoms with Gasteiger partial charge in [0, 0.05) is 23.9 Å². The number of anilines is 1. The van der Waals surface area contributed by atoms with Gasteiger partial charge < -0.3 is 15.0 Å². The highest BCUT2D eigenvalue weighted by Gasteiger charge is 2.20. The Hall–Kier alpha value is -2.59. The van der Waals surface area contributed by atoms with Gasteiger partial charge in [0.25, 0.3) is 0 Å². The van der Waals surface area contributed by atoms with Crippen molar-refractivity contribution in [3.05, 3.63) is 71.9 Å². The Morgan fingerprint density at radius 3 is 2.12 bits per heavy atom. The van der Waals surface area contributed by atoms with Gasteiger partial charge in [-0.2, -0.15) is 0 Å². The number of nitrogens with one attached hydrogen (secondary N) is 1. The molecule has 0 radical (unpaired) electrons. The Morgan fingerprint density at radius 2 is 1.54 bits per heavy atom. The van der Waals surface area contributed by atoms with E-state index in [4.69, 9.17) is 4.98 Å². The van der Waals surface area contributed by atoms with Gasteiger partial charge in [-0.1, -0.05) is 74.5 Å². The molecular formula is C20H23N3O. The van der Waals surface area contributed by atoms with Crippen LogP contribution in [0.5, 0.6) is 0 Å². The van der Waals surface area contributed by atoms with Crippen LogP contribution in [0.2, 0.25) is 0 Å². The first-order chi connectivity index (χ1) is 11.6. The Labute approximate surface area is 142 Å². The van der Waals surface area contributed by atoms with Gasteiger partial charge in [0.05, 0.1) is 5.69 Å². The van der Waals surface area contributed by atoms with E-state index in [0.717, 1.165) is 22.5 Å². The number of hydrogen-bond donors (Lipinski definition) is 2. The lowest BCUT2D eigenvalue weighted by Gasteiger charge is -2.15. The van der Waals surface area contributed by atoms with E-state index >= 15 is 0 Å². The van der Waals surface area contributed by atoms with Gasteiger partial charge in [0.2, 0.25) is 5.95 Å². The number of nitrogens with zero attached hydrogens (tertiary/aromatic N) is 2. The second-order valence-electron chi connectivity index (χ2n) is 6.21. The summed E-state index contributed by atoms with van der Waals surface area (Å²) in [5.41, 5.74) is 3.99. The molecule has 4 heteroatoms. The summed E-state index contributed by atoms with van der Waals surface area (Å²) in [7, 11) is 1.98. The molecule has 124 valence electrons. The fourth-order valence-corrected chi connectivity index (χ4v) is 2.95. The molecule has 3 aromatic rings. The second kappa shape index (κ2) is 6.89. The van der Waals surface area contributed by atoms with E-state index in [9.17, 15) is 5.11 Å². The highest BCUT2D eigenvalue weighted by atomic mass is 16.3. The fourth-order valence-electron chi connectivity index (χ4n) is 2.95. The van der Waals surface area contributed by atoms with Crippen LogP contribution in [0.15, 0.2) is 60.7 Å². The first kappa shape index (κ1) is 16.3. The van der Waals surface area contributed by atoms with Crippen LogP contribution >= 0.6 is 0 Å². The van der Waals surface area contributed by atoms with Gasteiger partial charge in [0.1, 0.15) is 0 Å². The first-order valence-electron chi connectivity index (χ1n) is 8.19. The number of imidazole rings is 1. The number of benzene rings is 2. The van der Waals surface area contributed by atoms with Crippen LogP contribution in [-0.4, -0.2) is 14.7 Å². The summed E-state index contributed by atoms with van der Waals surface area (Å²) in [6.45, 7) is 4.31. The third kappa shape index (κ3) is 3.19. The third-order valence-electron chi connectivity index (χ3n) is 4.11. The predicted octanol–water partition coefficient (Wildman–Crippen LogP) is 4.31. The molecule has 1 unspecified atom stereocenters. The van der Waals surface area contributed by atoms with E-state index in [2.05, 4.69) is 31.3 Å². The molecule has 0 aliphatic rings. The second-order valence-corrected chi connectivity index (χ2v) is 6.21. The van der Waals surface area contributed by atoms with Gasteiger partial charge in [-0.15, -0.1) is 0 Å². The van der Waals surface area contributed by atoms with Crippen molar-refractivity contribution in [2.75, 3.05) is 5.32 Å². The van der Waals surface area contributed by atoms with Gasteiger partial charge in [-0.05, 0) is 5.92 Å². The van der Waals surface area contributed by atoms with Crippen molar-refractivity contribution >= 4 is 5.95 Å². The number of aromatic nitrogens is 2. The molecule has 1 aromatic heterocycles. The summed E-state index contributed by atoms with van der Waals surface area (Å²) in [6.07, 6.45) is -0.795. The van der Waals surface area contributed by atoms with Gasteiger partial charge in [-0.3, -0.25) is 0 Å². The zero-order valence-electron chi connectivity index (χ0n) is 14.3. The molecule has 0 spiro atoms. The molecule has 24 heavy (non-hydrogen) atoms. The standard InChI is InChI=1S/C20H23N3O/c1-14(2)18-17(15-10-6-4-7-11-15)21-20(23(18)3)22-19(24)16-12-8-5-9-13-16/h4-14,19,24H,1-3H3,(H,21,22). The molecule has 0 aliphatic carbocycles. The minimum absolute atomic E-state index is 0.321. The quantitative estimate of drug-likeness (QED) is 0.688. The maximum Gasteiger partial charge on any atom is 0.205 e. The third-order valence-corrected chi connectivity index (χ3v) is 4.11. The Balaban J connectivity index is 1.98. The van der Waals surface area contributed by atoms with Crippen molar-refractivity contribution in [3.8, 4) is 11.3 Å². The van der Waals surface area contributed by atoms with E-state index in [1.165, 1.54) is 0 Å². The topological polar surface area (TPSA) is 50.1 Å². The molecule has 0 amide bonds. The number of aliphatic hydroxyl groups is 1. The lowest BCUT2D eigenvalue weighted by Crippen LogP contribution is -2.13. The number of rotatable bonds is 5. The summed E-state index contributed by atoms with van der Waals surface area (Å²) in [5.74, 6) is 0.982. The van der Waals surface area contributed by atoms with Crippen molar-refractivity contribution < 1.29 is 5.11 Å². The Bertz CT molecular complexity index is 795. The largest absolute Gasteiger partial charge is 0.369 e. The van der Waals surface area contributed by atoms with Crippen molar-refractivity contribution in [1.29, 1.82) is 0 Å². The molecule has 4 nitrogen and oxygen atoms in total. The molecule has 0 bridgehead atoms. The zero-order valence-corrected chi connectivity index (χ0v) is 14.3. The van der Waals surface area contributed by atoms with Crippen molar-refractivity contribution in [2.45, 2.75) is 26.0 Å². The van der Waals surface area contributed by atoms with E-state index in [-0.39, 0.29) is 0 Å². The Kier molecular flexibility index (Phi) is 4.67. The molecule has 2 aromatic carbocycles. The first-order valence-corrected chi connectivity index (χ1v) is 8.19. The lowest BCUT2D eigenvalue weighted by atomic mass is 10.0. The van der Waals surface area contributed by atoms with Crippen molar-refractivity contribution in [2.24, 2.45) is 7.05 Å². The van der Waals surface area contributed by atoms with Crippen LogP contribution in [0, 0.1) is 0 Å². The molecule has 0 saturated carbocycles. The molecule has 1 heterocycles. The van der Waals surface area contributed by atoms with Crippen LogP contribution in [0.4, 0.5) is 5.95 Å². The smallest absolute Gasteiger partial charge is 0.205 e. The normalized spacial score (nSPS) is 12.4. The van der Waals surface area contributed by atoms with Crippen LogP contribution in [0.25, 0.3) is 11.3 Å². The molecule has 1 atom stereocenters. The number of hydrogen-bond acceptors (Lipinski definition) is 3. The lowest BCUT2D eigenvalue weighted by molar-refractivity contribution is 0.206. The number of aliphatic hydroxyl groups excluding tert-OH is 1. The zero-order chi connectivity index (χ0) is 17.1. The van der Waals surface area contributed by atoms with E-state index in [1.54, 1.807) is 0 Å². The Morgan fingerprint density at radius 1 is 0.958 bits per heavy atom. The molecular weight excluding hydrogens is 298 g/mol. The maximum absolute atomic E-state index is 10.4. The SMILES string of the molecule is CC(C)c1c(-c2ccccc2)nc(NC(O)c2ccccc2)n1C. The van der Waals surface area contributed by atoms with E-state index < -0.39 is 6.23 Å². The summed E-state index contributed by atoms with van der Waals surface area (Å²) in [4.78, 5) is 4.76. The molecule has 3 rings (SSSR count). The van der Waals surface area contributed by atoms with Gasteiger partial charge >= 0.3 is 0 Å². The molecule has 2 N–H and O–H groups in total. The minimum Gasteiger partial charge on any atom is -0.369 e. The average molecular weight is 321 g/mol. The summed E-state index contributed by atoms with van der Waals surface area (Å²) in [6, 6.07) is 19.7. The molecule has 0 aliphatic heterocycles. The van der Waals surface area contributed by atoms with Crippen LogP contribution in [-0.2, 0) is 7.05 Å². The molecule has 0 fully saturated rings. The summed E-state index contributed by atoms with van der Waals surface area (Å²) < 4.78 is 2.03. The monoisotopic (exact) mass is 321 g/mol. The summed E-state index contributed by atoms with van der Waals surface area (Å²) in [5, 5.41) is 13.6. The fraction of sp³-hybridized carbons (Fsp3) is 0.250. The van der Waals surface area contributed by atoms with E-state index in [0.29, 0.717) is 11.9 Å². The van der Waals surface area contributed by atoms with Gasteiger partial charge in [0.15, 0.2) is 6.23 Å². The average Bonchev–Trinajstić information content (AvgIpc) is 2.93. The minimum atomic E-state index is -0.795. The van der Waals surface area contributed by atoms with Crippen LogP contribution < -0.4 is 5.32 Å². The highest BCUT2D eigenvalue weighted by Crippen LogP contribution is 2.31. The maximum atomic E-state index is 10.4. The van der Waals surface area contributed by atoms with Gasteiger partial charge in [-0.25, -0.2) is 4.98 Å². The van der Waals surface area contributed by atoms with Crippen LogP contribution in [0.1, 0.15) is 37.3 Å². The summed E-state index contributed by atoms with van der Waals surface area (Å²) >= 11 is 0. The van der Waals surface area contributed by atoms with Crippen molar-refractivity contribution in [3.63, 3.8) is 0 Å².